The van der Waals surface area contributed by atoms with E-state index in [0.717, 1.165) is 35.9 Å². The topological polar surface area (TPSA) is 52.0 Å². The van der Waals surface area contributed by atoms with E-state index in [2.05, 4.69) is 6.92 Å². The first-order chi connectivity index (χ1) is 12.7. The second kappa shape index (κ2) is 7.37. The van der Waals surface area contributed by atoms with E-state index in [1.807, 2.05) is 30.3 Å². The maximum Gasteiger partial charge on any atom is 0.263 e. The van der Waals surface area contributed by atoms with Crippen LogP contribution in [0.3, 0.4) is 0 Å². The molecule has 2 heterocycles. The first-order valence-corrected chi connectivity index (χ1v) is 10.8. The predicted molar refractivity (Wildman–Crippen MR) is 108 cm³/mol. The molecule has 0 aliphatic heterocycles. The molecule has 0 N–H and O–H groups in total. The van der Waals surface area contributed by atoms with Crippen molar-refractivity contribution in [3.63, 3.8) is 0 Å². The molecule has 0 atom stereocenters. The fraction of sp³-hybridized carbons (Fsp3) is 0.350. The minimum absolute atomic E-state index is 0.0571. The van der Waals surface area contributed by atoms with Crippen LogP contribution < -0.4 is 5.56 Å². The molecule has 0 bridgehead atoms. The fourth-order valence-corrected chi connectivity index (χ4v) is 5.65. The lowest BCUT2D eigenvalue weighted by atomic mass is 10.2. The summed E-state index contributed by atoms with van der Waals surface area (Å²) in [5, 5.41) is 1.48. The monoisotopic (exact) mass is 384 g/mol. The van der Waals surface area contributed by atoms with Crippen LogP contribution in [0.5, 0.6) is 0 Å². The number of carbonyl (C=O) groups excluding carboxylic acids is 1. The summed E-state index contributed by atoms with van der Waals surface area (Å²) in [7, 11) is 0. The number of hydrogen-bond donors (Lipinski definition) is 0. The van der Waals surface area contributed by atoms with Crippen molar-refractivity contribution < 1.29 is 4.79 Å². The van der Waals surface area contributed by atoms with Gasteiger partial charge in [0.25, 0.3) is 5.56 Å². The highest BCUT2D eigenvalue weighted by atomic mass is 32.2. The Hall–Kier alpha value is -1.92. The molecule has 26 heavy (non-hydrogen) atoms. The van der Waals surface area contributed by atoms with Gasteiger partial charge in [-0.05, 0) is 31.2 Å². The van der Waals surface area contributed by atoms with Gasteiger partial charge in [0.05, 0.1) is 11.1 Å². The van der Waals surface area contributed by atoms with Crippen LogP contribution in [0.4, 0.5) is 0 Å². The van der Waals surface area contributed by atoms with E-state index in [1.165, 1.54) is 22.2 Å². The third kappa shape index (κ3) is 3.12. The zero-order valence-electron chi connectivity index (χ0n) is 14.7. The number of Topliss-reactive ketones (excluding diaryl/α,β-unsaturated/α-hetero) is 1. The van der Waals surface area contributed by atoms with Gasteiger partial charge in [0.1, 0.15) is 4.83 Å². The molecule has 0 saturated heterocycles. The van der Waals surface area contributed by atoms with Crippen LogP contribution >= 0.6 is 23.1 Å². The number of aryl methyl sites for hydroxylation is 2. The van der Waals surface area contributed by atoms with Crippen molar-refractivity contribution in [2.24, 2.45) is 0 Å². The van der Waals surface area contributed by atoms with E-state index in [9.17, 15) is 9.59 Å². The summed E-state index contributed by atoms with van der Waals surface area (Å²) in [5.41, 5.74) is 1.97. The third-order valence-corrected chi connectivity index (χ3v) is 6.83. The Morgan fingerprint density at radius 3 is 2.85 bits per heavy atom. The van der Waals surface area contributed by atoms with Crippen molar-refractivity contribution in [2.45, 2.75) is 44.3 Å². The van der Waals surface area contributed by atoms with E-state index in [4.69, 9.17) is 4.98 Å². The number of ketones is 1. The van der Waals surface area contributed by atoms with Crippen LogP contribution in [0.25, 0.3) is 10.2 Å². The van der Waals surface area contributed by atoms with Crippen LogP contribution in [0.15, 0.2) is 40.3 Å². The highest BCUT2D eigenvalue weighted by molar-refractivity contribution is 7.99. The zero-order chi connectivity index (χ0) is 18.1. The molecule has 2 aromatic heterocycles. The van der Waals surface area contributed by atoms with E-state index in [-0.39, 0.29) is 17.1 Å². The van der Waals surface area contributed by atoms with Gasteiger partial charge in [0, 0.05) is 17.0 Å². The van der Waals surface area contributed by atoms with E-state index < -0.39 is 0 Å². The number of hydrogen-bond acceptors (Lipinski definition) is 5. The van der Waals surface area contributed by atoms with E-state index in [0.29, 0.717) is 17.3 Å². The van der Waals surface area contributed by atoms with E-state index in [1.54, 1.807) is 15.9 Å². The smallest absolute Gasteiger partial charge is 0.263 e. The number of nitrogens with zero attached hydrogens (tertiary/aromatic N) is 2. The molecular weight excluding hydrogens is 364 g/mol. The number of thiophene rings is 1. The predicted octanol–water partition coefficient (Wildman–Crippen LogP) is 4.33. The van der Waals surface area contributed by atoms with Crippen LogP contribution in [-0.4, -0.2) is 21.1 Å². The van der Waals surface area contributed by atoms with Crippen molar-refractivity contribution in [3.8, 4) is 0 Å². The van der Waals surface area contributed by atoms with Crippen LogP contribution in [-0.2, 0) is 19.4 Å². The van der Waals surface area contributed by atoms with Gasteiger partial charge in [0.15, 0.2) is 10.9 Å². The molecule has 134 valence electrons. The molecule has 3 aromatic rings. The SMILES string of the molecule is CCCn1c(SCC(=O)c2ccccc2)nc2sc3c(c2c1=O)CCC3. The van der Waals surface area contributed by atoms with Gasteiger partial charge in [-0.2, -0.15) is 0 Å². The van der Waals surface area contributed by atoms with Crippen molar-refractivity contribution >= 4 is 39.1 Å². The minimum Gasteiger partial charge on any atom is -0.293 e. The highest BCUT2D eigenvalue weighted by Gasteiger charge is 2.23. The van der Waals surface area contributed by atoms with Gasteiger partial charge >= 0.3 is 0 Å². The largest absolute Gasteiger partial charge is 0.293 e. The van der Waals surface area contributed by atoms with Crippen molar-refractivity contribution in [2.75, 3.05) is 5.75 Å². The average molecular weight is 385 g/mol. The Balaban J connectivity index is 1.69. The van der Waals surface area contributed by atoms with Crippen LogP contribution in [0, 0.1) is 0 Å². The maximum absolute atomic E-state index is 13.1. The van der Waals surface area contributed by atoms with Gasteiger partial charge in [-0.25, -0.2) is 4.98 Å². The molecule has 4 rings (SSSR count). The molecule has 0 spiro atoms. The Morgan fingerprint density at radius 2 is 2.08 bits per heavy atom. The number of rotatable bonds is 6. The molecule has 0 unspecified atom stereocenters. The molecule has 0 fully saturated rings. The summed E-state index contributed by atoms with van der Waals surface area (Å²) in [6.45, 7) is 2.69. The van der Waals surface area contributed by atoms with E-state index >= 15 is 0 Å². The number of fused-ring (bicyclic) bond motifs is 3. The summed E-state index contributed by atoms with van der Waals surface area (Å²) in [4.78, 5) is 32.4. The minimum atomic E-state index is 0.0571. The molecule has 1 aliphatic carbocycles. The van der Waals surface area contributed by atoms with Crippen LogP contribution in [0.1, 0.15) is 40.6 Å². The van der Waals surface area contributed by atoms with Crippen molar-refractivity contribution in [1.29, 1.82) is 0 Å². The second-order valence-corrected chi connectivity index (χ2v) is 8.49. The lowest BCUT2D eigenvalue weighted by Gasteiger charge is -2.11. The Labute approximate surface area is 160 Å². The number of carbonyl (C=O) groups is 1. The molecule has 0 saturated carbocycles. The Kier molecular flexibility index (Phi) is 4.96. The zero-order valence-corrected chi connectivity index (χ0v) is 16.3. The summed E-state index contributed by atoms with van der Waals surface area (Å²) >= 11 is 3.02. The molecule has 0 amide bonds. The number of thioether (sulfide) groups is 1. The molecule has 1 aliphatic rings. The summed E-state index contributed by atoms with van der Waals surface area (Å²) < 4.78 is 1.76. The Bertz CT molecular complexity index is 1020. The summed E-state index contributed by atoms with van der Waals surface area (Å²) in [5.74, 6) is 0.346. The second-order valence-electron chi connectivity index (χ2n) is 6.47. The summed E-state index contributed by atoms with van der Waals surface area (Å²) in [6.07, 6.45) is 4.03. The van der Waals surface area contributed by atoms with Gasteiger partial charge in [-0.15, -0.1) is 11.3 Å². The van der Waals surface area contributed by atoms with Gasteiger partial charge in [-0.3, -0.25) is 14.2 Å². The molecule has 0 radical (unpaired) electrons. The Morgan fingerprint density at radius 1 is 1.27 bits per heavy atom. The van der Waals surface area contributed by atoms with Crippen LogP contribution in [0.2, 0.25) is 0 Å². The lowest BCUT2D eigenvalue weighted by molar-refractivity contribution is 0.102. The average Bonchev–Trinajstić information content (AvgIpc) is 3.24. The lowest BCUT2D eigenvalue weighted by Crippen LogP contribution is -2.23. The quantitative estimate of drug-likeness (QED) is 0.361. The highest BCUT2D eigenvalue weighted by Crippen LogP contribution is 2.35. The fourth-order valence-electron chi connectivity index (χ4n) is 3.43. The molecular formula is C20H20N2O2S2. The molecule has 1 aromatic carbocycles. The third-order valence-electron chi connectivity index (χ3n) is 4.67. The van der Waals surface area contributed by atoms with Gasteiger partial charge in [-0.1, -0.05) is 49.0 Å². The number of benzene rings is 1. The summed E-state index contributed by atoms with van der Waals surface area (Å²) in [6, 6.07) is 9.27. The first-order valence-electron chi connectivity index (χ1n) is 8.95. The van der Waals surface area contributed by atoms with Gasteiger partial charge in [0.2, 0.25) is 0 Å². The van der Waals surface area contributed by atoms with Gasteiger partial charge < -0.3 is 0 Å². The van der Waals surface area contributed by atoms with Crippen molar-refractivity contribution in [1.82, 2.24) is 9.55 Å². The first kappa shape index (κ1) is 17.5. The maximum atomic E-state index is 13.1. The standard InChI is InChI=1S/C20H20N2O2S2/c1-2-11-22-19(24)17-14-9-6-10-16(14)26-18(17)21-20(22)25-12-15(23)13-7-4-3-5-8-13/h3-5,7-8H,2,6,9-12H2,1H3. The molecule has 4 nitrogen and oxygen atoms in total. The number of aromatic nitrogens is 2. The molecule has 6 heteroatoms. The van der Waals surface area contributed by atoms with Crippen molar-refractivity contribution in [3.05, 3.63) is 56.7 Å². The normalized spacial score (nSPS) is 13.3.